The van der Waals surface area contributed by atoms with Crippen molar-refractivity contribution >= 4 is 16.1 Å². The van der Waals surface area contributed by atoms with Crippen molar-refractivity contribution in [3.63, 3.8) is 0 Å². The molecule has 0 spiro atoms. The molecule has 4 nitrogen and oxygen atoms in total. The van der Waals surface area contributed by atoms with Crippen molar-refractivity contribution in [1.82, 2.24) is 0 Å². The maximum Gasteiger partial charge on any atom is 0.285 e. The average Bonchev–Trinajstić information content (AvgIpc) is 1.64. The van der Waals surface area contributed by atoms with Gasteiger partial charge in [-0.2, -0.15) is 8.42 Å². The highest BCUT2D eigenvalue weighted by molar-refractivity contribution is 7.93. The predicted molar refractivity (Wildman–Crippen MR) is 31.9 cm³/mol. The molecule has 0 aromatic carbocycles. The van der Waals surface area contributed by atoms with E-state index in [1.54, 1.807) is 0 Å². The molecule has 0 saturated carbocycles. The Morgan fingerprint density at radius 3 is 2.44 bits per heavy atom. The van der Waals surface area contributed by atoms with Gasteiger partial charge in [-0.3, -0.25) is 0 Å². The van der Waals surface area contributed by atoms with Crippen LogP contribution in [-0.4, -0.2) is 14.5 Å². The Bertz CT molecular complexity index is 245. The molecule has 0 radical (unpaired) electrons. The second-order valence-electron chi connectivity index (χ2n) is 1.17. The van der Waals surface area contributed by atoms with Crippen LogP contribution in [0.3, 0.4) is 0 Å². The SMILES string of the molecule is C/C=C/S(=O)(=O)N=C=O. The van der Waals surface area contributed by atoms with Gasteiger partial charge in [0.05, 0.1) is 0 Å². The largest absolute Gasteiger partial charge is 0.285 e. The quantitative estimate of drug-likeness (QED) is 0.413. The summed E-state index contributed by atoms with van der Waals surface area (Å²) in [5.41, 5.74) is 0. The molecule has 0 bridgehead atoms. The van der Waals surface area contributed by atoms with E-state index in [1.807, 2.05) is 0 Å². The lowest BCUT2D eigenvalue weighted by Crippen LogP contribution is -1.86. The number of carbonyl (C=O) groups excluding carboxylic acids is 1. The van der Waals surface area contributed by atoms with Crippen LogP contribution >= 0.6 is 0 Å². The Morgan fingerprint density at radius 1 is 1.56 bits per heavy atom. The van der Waals surface area contributed by atoms with E-state index in [4.69, 9.17) is 0 Å². The first-order valence-corrected chi connectivity index (χ1v) is 3.59. The second-order valence-corrected chi connectivity index (χ2v) is 2.65. The summed E-state index contributed by atoms with van der Waals surface area (Å²) in [7, 11) is -3.66. The average molecular weight is 147 g/mol. The van der Waals surface area contributed by atoms with E-state index >= 15 is 0 Å². The molecule has 0 aliphatic heterocycles. The zero-order valence-corrected chi connectivity index (χ0v) is 5.55. The Balaban J connectivity index is 4.62. The molecule has 0 unspecified atom stereocenters. The third kappa shape index (κ3) is 3.64. The van der Waals surface area contributed by atoms with Gasteiger partial charge in [0, 0.05) is 5.41 Å². The highest BCUT2D eigenvalue weighted by Crippen LogP contribution is 1.90. The molecule has 0 fully saturated rings. The van der Waals surface area contributed by atoms with Crippen molar-refractivity contribution in [3.05, 3.63) is 11.5 Å². The van der Waals surface area contributed by atoms with Crippen LogP contribution in [0.2, 0.25) is 0 Å². The molecule has 0 saturated heterocycles. The minimum atomic E-state index is -3.66. The Morgan fingerprint density at radius 2 is 2.11 bits per heavy atom. The predicted octanol–water partition coefficient (Wildman–Crippen LogP) is 0.186. The number of sulfonamides is 1. The van der Waals surface area contributed by atoms with Gasteiger partial charge in [0.25, 0.3) is 16.1 Å². The minimum absolute atomic E-state index is 0.817. The summed E-state index contributed by atoms with van der Waals surface area (Å²) in [6, 6.07) is 0. The monoisotopic (exact) mass is 147 g/mol. The molecule has 0 aliphatic carbocycles. The van der Waals surface area contributed by atoms with Gasteiger partial charge >= 0.3 is 0 Å². The molecular weight excluding hydrogens is 142 g/mol. The van der Waals surface area contributed by atoms with Gasteiger partial charge in [-0.25, -0.2) is 4.79 Å². The van der Waals surface area contributed by atoms with E-state index in [-0.39, 0.29) is 0 Å². The molecule has 5 heteroatoms. The number of hydrogen-bond donors (Lipinski definition) is 0. The zero-order chi connectivity index (χ0) is 7.33. The van der Waals surface area contributed by atoms with E-state index < -0.39 is 10.0 Å². The topological polar surface area (TPSA) is 63.6 Å². The smallest absolute Gasteiger partial charge is 0.210 e. The lowest BCUT2D eigenvalue weighted by Gasteiger charge is -1.78. The van der Waals surface area contributed by atoms with Gasteiger partial charge in [0.1, 0.15) is 0 Å². The normalized spacial score (nSPS) is 11.2. The van der Waals surface area contributed by atoms with Crippen LogP contribution < -0.4 is 0 Å². The standard InChI is InChI=1S/C4H5NO3S/c1-2-3-9(7,8)5-4-6/h2-3H,1H3/b3-2+. The molecule has 0 aromatic heterocycles. The number of hydrogen-bond acceptors (Lipinski definition) is 3. The fourth-order valence-electron chi connectivity index (χ4n) is 0.254. The minimum Gasteiger partial charge on any atom is -0.210 e. The summed E-state index contributed by atoms with van der Waals surface area (Å²) < 4.78 is 23.2. The Labute approximate surface area is 53.0 Å². The molecule has 0 rings (SSSR count). The van der Waals surface area contributed by atoms with Gasteiger partial charge in [0.2, 0.25) is 0 Å². The molecule has 0 aliphatic rings. The number of isocyanates is 1. The molecule has 50 valence electrons. The van der Waals surface area contributed by atoms with Crippen LogP contribution in [0.1, 0.15) is 6.92 Å². The van der Waals surface area contributed by atoms with E-state index in [0.717, 1.165) is 11.5 Å². The molecule has 0 aromatic rings. The lowest BCUT2D eigenvalue weighted by molar-refractivity contribution is 0.564. The Kier molecular flexibility index (Phi) is 2.84. The second kappa shape index (κ2) is 3.17. The molecule has 9 heavy (non-hydrogen) atoms. The summed E-state index contributed by atoms with van der Waals surface area (Å²) in [6.07, 6.45) is 2.20. The summed E-state index contributed by atoms with van der Waals surface area (Å²) in [5.74, 6) is 0. The van der Waals surface area contributed by atoms with Crippen molar-refractivity contribution in [1.29, 1.82) is 0 Å². The van der Waals surface area contributed by atoms with Gasteiger partial charge in [-0.1, -0.05) is 10.5 Å². The number of allylic oxidation sites excluding steroid dienone is 1. The first-order chi connectivity index (χ1) is 4.12. The van der Waals surface area contributed by atoms with Crippen molar-refractivity contribution in [2.75, 3.05) is 0 Å². The third-order valence-corrected chi connectivity index (χ3v) is 1.42. The maximum absolute atomic E-state index is 10.3. The highest BCUT2D eigenvalue weighted by Gasteiger charge is 1.97. The van der Waals surface area contributed by atoms with E-state index in [2.05, 4.69) is 4.40 Å². The van der Waals surface area contributed by atoms with Crippen molar-refractivity contribution < 1.29 is 13.2 Å². The van der Waals surface area contributed by atoms with Gasteiger partial charge in [-0.05, 0) is 6.92 Å². The number of nitrogens with zero attached hydrogens (tertiary/aromatic N) is 1. The van der Waals surface area contributed by atoms with Crippen LogP contribution in [0.5, 0.6) is 0 Å². The van der Waals surface area contributed by atoms with E-state index in [9.17, 15) is 13.2 Å². The first-order valence-electron chi connectivity index (χ1n) is 2.09. The lowest BCUT2D eigenvalue weighted by atomic mass is 10.8. The van der Waals surface area contributed by atoms with Crippen LogP contribution in [-0.2, 0) is 14.8 Å². The van der Waals surface area contributed by atoms with E-state index in [0.29, 0.717) is 0 Å². The fraction of sp³-hybridized carbons (Fsp3) is 0.250. The first kappa shape index (κ1) is 8.07. The van der Waals surface area contributed by atoms with Gasteiger partial charge in [0.15, 0.2) is 0 Å². The fourth-order valence-corrected chi connectivity index (χ4v) is 0.763. The van der Waals surface area contributed by atoms with Crippen LogP contribution in [0.15, 0.2) is 15.9 Å². The van der Waals surface area contributed by atoms with Crippen molar-refractivity contribution in [2.45, 2.75) is 6.92 Å². The van der Waals surface area contributed by atoms with Gasteiger partial charge < -0.3 is 0 Å². The summed E-state index contributed by atoms with van der Waals surface area (Å²) >= 11 is 0. The molecular formula is C4H5NO3S. The maximum atomic E-state index is 10.3. The van der Waals surface area contributed by atoms with E-state index in [1.165, 1.54) is 13.0 Å². The summed E-state index contributed by atoms with van der Waals surface area (Å²) in [5, 5.41) is 0.817. The van der Waals surface area contributed by atoms with Crippen LogP contribution in [0, 0.1) is 0 Å². The molecule has 0 atom stereocenters. The Hall–Kier alpha value is -0.930. The molecule has 0 amide bonds. The third-order valence-electron chi connectivity index (χ3n) is 0.473. The zero-order valence-electron chi connectivity index (χ0n) is 4.73. The molecule has 0 heterocycles. The van der Waals surface area contributed by atoms with Gasteiger partial charge in [-0.15, -0.1) is 0 Å². The summed E-state index contributed by atoms with van der Waals surface area (Å²) in [4.78, 5) is 9.39. The molecule has 0 N–H and O–H groups in total. The van der Waals surface area contributed by atoms with Crippen molar-refractivity contribution in [2.24, 2.45) is 4.40 Å². The van der Waals surface area contributed by atoms with Crippen molar-refractivity contribution in [3.8, 4) is 0 Å². The van der Waals surface area contributed by atoms with Crippen LogP contribution in [0.4, 0.5) is 0 Å². The highest BCUT2D eigenvalue weighted by atomic mass is 32.2. The van der Waals surface area contributed by atoms with Crippen LogP contribution in [0.25, 0.3) is 0 Å². The number of rotatable bonds is 2. The summed E-state index contributed by atoms with van der Waals surface area (Å²) in [6.45, 7) is 1.51.